The van der Waals surface area contributed by atoms with E-state index in [1.807, 2.05) is 11.9 Å². The third-order valence-electron chi connectivity index (χ3n) is 4.66. The van der Waals surface area contributed by atoms with E-state index in [1.54, 1.807) is 4.90 Å². The average molecular weight is 283 g/mol. The van der Waals surface area contributed by atoms with Crippen LogP contribution in [0, 0.1) is 5.92 Å². The third-order valence-corrected chi connectivity index (χ3v) is 4.66. The van der Waals surface area contributed by atoms with Crippen LogP contribution in [0.3, 0.4) is 0 Å². The number of rotatable bonds is 3. The summed E-state index contributed by atoms with van der Waals surface area (Å²) in [5.41, 5.74) is 0. The standard InChI is InChI=1S/C14H25N3O3/c1-3-16-7-5-12(6-8-16)15(2)14(20)17-9-4-11(10-17)13(18)19/h11-12H,3-10H2,1-2H3,(H,18,19). The predicted octanol–water partition coefficient (Wildman–Crippen LogP) is 0.929. The van der Waals surface area contributed by atoms with Crippen molar-refractivity contribution in [2.75, 3.05) is 39.8 Å². The van der Waals surface area contributed by atoms with Crippen LogP contribution < -0.4 is 0 Å². The van der Waals surface area contributed by atoms with Crippen LogP contribution in [-0.2, 0) is 4.79 Å². The first-order chi connectivity index (χ1) is 9.52. The molecule has 0 aromatic heterocycles. The Morgan fingerprint density at radius 3 is 2.35 bits per heavy atom. The summed E-state index contributed by atoms with van der Waals surface area (Å²) >= 11 is 0. The summed E-state index contributed by atoms with van der Waals surface area (Å²) in [6.07, 6.45) is 2.59. The molecular weight excluding hydrogens is 258 g/mol. The maximum absolute atomic E-state index is 12.4. The van der Waals surface area contributed by atoms with E-state index in [4.69, 9.17) is 5.11 Å². The summed E-state index contributed by atoms with van der Waals surface area (Å²) in [4.78, 5) is 29.3. The molecule has 1 atom stereocenters. The molecule has 2 heterocycles. The number of urea groups is 1. The van der Waals surface area contributed by atoms with Gasteiger partial charge < -0.3 is 19.8 Å². The van der Waals surface area contributed by atoms with Crippen LogP contribution in [0.5, 0.6) is 0 Å². The summed E-state index contributed by atoms with van der Waals surface area (Å²) in [6, 6.07) is 0.276. The van der Waals surface area contributed by atoms with Crippen molar-refractivity contribution in [3.05, 3.63) is 0 Å². The number of piperidine rings is 1. The van der Waals surface area contributed by atoms with Crippen molar-refractivity contribution >= 4 is 12.0 Å². The zero-order valence-electron chi connectivity index (χ0n) is 12.4. The number of aliphatic carboxylic acids is 1. The van der Waals surface area contributed by atoms with Crippen molar-refractivity contribution < 1.29 is 14.7 Å². The molecule has 2 aliphatic rings. The van der Waals surface area contributed by atoms with Gasteiger partial charge in [0.15, 0.2) is 0 Å². The normalized spacial score (nSPS) is 24.9. The molecule has 20 heavy (non-hydrogen) atoms. The molecule has 0 aromatic rings. The minimum Gasteiger partial charge on any atom is -0.481 e. The van der Waals surface area contributed by atoms with Gasteiger partial charge in [-0.3, -0.25) is 4.79 Å². The average Bonchev–Trinajstić information content (AvgIpc) is 2.96. The molecule has 2 fully saturated rings. The van der Waals surface area contributed by atoms with E-state index >= 15 is 0 Å². The second kappa shape index (κ2) is 6.43. The Kier molecular flexibility index (Phi) is 4.86. The Hall–Kier alpha value is -1.30. The molecule has 0 aromatic carbocycles. The van der Waals surface area contributed by atoms with Crippen LogP contribution in [0.4, 0.5) is 4.79 Å². The van der Waals surface area contributed by atoms with Crippen molar-refractivity contribution in [3.8, 4) is 0 Å². The van der Waals surface area contributed by atoms with E-state index in [0.29, 0.717) is 19.5 Å². The fourth-order valence-electron chi connectivity index (χ4n) is 3.14. The van der Waals surface area contributed by atoms with Crippen LogP contribution in [-0.4, -0.2) is 77.6 Å². The van der Waals surface area contributed by atoms with Crippen LogP contribution in [0.2, 0.25) is 0 Å². The van der Waals surface area contributed by atoms with Crippen molar-refractivity contribution in [2.45, 2.75) is 32.2 Å². The lowest BCUT2D eigenvalue weighted by Crippen LogP contribution is -2.49. The number of carboxylic acid groups (broad SMARTS) is 1. The monoisotopic (exact) mass is 283 g/mol. The molecule has 0 saturated carbocycles. The minimum absolute atomic E-state index is 0.0105. The quantitative estimate of drug-likeness (QED) is 0.837. The molecule has 0 bridgehead atoms. The van der Waals surface area contributed by atoms with E-state index in [2.05, 4.69) is 11.8 Å². The maximum Gasteiger partial charge on any atom is 0.320 e. The summed E-state index contributed by atoms with van der Waals surface area (Å²) < 4.78 is 0. The van der Waals surface area contributed by atoms with Gasteiger partial charge in [-0.1, -0.05) is 6.92 Å². The van der Waals surface area contributed by atoms with Crippen molar-refractivity contribution in [1.82, 2.24) is 14.7 Å². The van der Waals surface area contributed by atoms with Gasteiger partial charge in [-0.25, -0.2) is 4.79 Å². The van der Waals surface area contributed by atoms with Gasteiger partial charge in [0.25, 0.3) is 0 Å². The Morgan fingerprint density at radius 1 is 1.20 bits per heavy atom. The van der Waals surface area contributed by atoms with Crippen molar-refractivity contribution in [3.63, 3.8) is 0 Å². The molecule has 0 aliphatic carbocycles. The number of likely N-dealkylation sites (tertiary alicyclic amines) is 2. The molecule has 6 heteroatoms. The number of carbonyl (C=O) groups is 2. The smallest absolute Gasteiger partial charge is 0.320 e. The first kappa shape index (κ1) is 15.1. The highest BCUT2D eigenvalue weighted by Gasteiger charge is 2.34. The van der Waals surface area contributed by atoms with Crippen molar-refractivity contribution in [2.24, 2.45) is 5.92 Å². The zero-order chi connectivity index (χ0) is 14.7. The Bertz CT molecular complexity index is 367. The van der Waals surface area contributed by atoms with E-state index in [9.17, 15) is 9.59 Å². The van der Waals surface area contributed by atoms with Gasteiger partial charge >= 0.3 is 12.0 Å². The fraction of sp³-hybridized carbons (Fsp3) is 0.857. The number of carbonyl (C=O) groups excluding carboxylic acids is 1. The van der Waals surface area contributed by atoms with E-state index in [0.717, 1.165) is 32.5 Å². The molecular formula is C14H25N3O3. The number of carboxylic acids is 1. The van der Waals surface area contributed by atoms with Crippen LogP contribution in [0.25, 0.3) is 0 Å². The second-order valence-electron chi connectivity index (χ2n) is 5.83. The Labute approximate surface area is 120 Å². The molecule has 2 aliphatic heterocycles. The lowest BCUT2D eigenvalue weighted by molar-refractivity contribution is -0.141. The first-order valence-corrected chi connectivity index (χ1v) is 7.49. The first-order valence-electron chi connectivity index (χ1n) is 7.49. The van der Waals surface area contributed by atoms with Crippen LogP contribution >= 0.6 is 0 Å². The van der Waals surface area contributed by atoms with Gasteiger partial charge in [-0.15, -0.1) is 0 Å². The maximum atomic E-state index is 12.4. The topological polar surface area (TPSA) is 64.1 Å². The van der Waals surface area contributed by atoms with E-state index in [1.165, 1.54) is 0 Å². The van der Waals surface area contributed by atoms with Gasteiger partial charge in [0.2, 0.25) is 0 Å². The highest BCUT2D eigenvalue weighted by Crippen LogP contribution is 2.21. The van der Waals surface area contributed by atoms with E-state index < -0.39 is 11.9 Å². The van der Waals surface area contributed by atoms with Crippen molar-refractivity contribution in [1.29, 1.82) is 0 Å². The summed E-state index contributed by atoms with van der Waals surface area (Å²) in [6.45, 7) is 6.22. The molecule has 1 N–H and O–H groups in total. The molecule has 2 saturated heterocycles. The molecule has 0 radical (unpaired) electrons. The van der Waals surface area contributed by atoms with Gasteiger partial charge in [0, 0.05) is 39.3 Å². The SMILES string of the molecule is CCN1CCC(N(C)C(=O)N2CCC(C(=O)O)C2)CC1. The molecule has 2 amide bonds. The highest BCUT2D eigenvalue weighted by atomic mass is 16.4. The van der Waals surface area contributed by atoms with E-state index in [-0.39, 0.29) is 12.1 Å². The van der Waals surface area contributed by atoms with Crippen LogP contribution in [0.15, 0.2) is 0 Å². The minimum atomic E-state index is -0.792. The second-order valence-corrected chi connectivity index (χ2v) is 5.83. The fourth-order valence-corrected chi connectivity index (χ4v) is 3.14. The summed E-state index contributed by atoms with van der Waals surface area (Å²) in [7, 11) is 1.85. The lowest BCUT2D eigenvalue weighted by atomic mass is 10.0. The third kappa shape index (κ3) is 3.23. The van der Waals surface area contributed by atoms with Crippen LogP contribution in [0.1, 0.15) is 26.2 Å². The number of nitrogens with zero attached hydrogens (tertiary/aromatic N) is 3. The largest absolute Gasteiger partial charge is 0.481 e. The molecule has 0 spiro atoms. The zero-order valence-corrected chi connectivity index (χ0v) is 12.4. The molecule has 114 valence electrons. The molecule has 6 nitrogen and oxygen atoms in total. The number of amides is 2. The van der Waals surface area contributed by atoms with Gasteiger partial charge in [0.05, 0.1) is 5.92 Å². The lowest BCUT2D eigenvalue weighted by Gasteiger charge is -2.37. The van der Waals surface area contributed by atoms with Gasteiger partial charge in [-0.05, 0) is 25.8 Å². The molecule has 2 rings (SSSR count). The highest BCUT2D eigenvalue weighted by molar-refractivity contribution is 5.77. The number of hydrogen-bond acceptors (Lipinski definition) is 3. The van der Waals surface area contributed by atoms with Gasteiger partial charge in [0.1, 0.15) is 0 Å². The summed E-state index contributed by atoms with van der Waals surface area (Å²) in [5.74, 6) is -1.19. The Balaban J connectivity index is 1.85. The summed E-state index contributed by atoms with van der Waals surface area (Å²) in [5, 5.41) is 9.00. The predicted molar refractivity (Wildman–Crippen MR) is 75.6 cm³/mol. The Morgan fingerprint density at radius 2 is 1.85 bits per heavy atom. The van der Waals surface area contributed by atoms with Gasteiger partial charge in [-0.2, -0.15) is 0 Å². The number of hydrogen-bond donors (Lipinski definition) is 1. The molecule has 1 unspecified atom stereocenters.